The largest absolute Gasteiger partial charge is 0.444 e. The zero-order valence-electron chi connectivity index (χ0n) is 12.2. The van der Waals surface area contributed by atoms with Crippen molar-refractivity contribution < 1.29 is 22.7 Å². The van der Waals surface area contributed by atoms with E-state index in [1.54, 1.807) is 20.8 Å². The molecule has 0 N–H and O–H groups in total. The van der Waals surface area contributed by atoms with Gasteiger partial charge in [0.2, 0.25) is 10.0 Å². The van der Waals surface area contributed by atoms with Crippen molar-refractivity contribution in [1.82, 2.24) is 9.21 Å². The molecule has 1 spiro atoms. The van der Waals surface area contributed by atoms with Crippen LogP contribution in [0.3, 0.4) is 0 Å². The van der Waals surface area contributed by atoms with E-state index in [1.165, 1.54) is 11.9 Å². The molecule has 1 atom stereocenters. The van der Waals surface area contributed by atoms with E-state index < -0.39 is 33.0 Å². The molecular formula is C12H20N2O5S. The summed E-state index contributed by atoms with van der Waals surface area (Å²) >= 11 is 0. The lowest BCUT2D eigenvalue weighted by Gasteiger charge is -2.29. The van der Waals surface area contributed by atoms with Crippen LogP contribution in [0.2, 0.25) is 0 Å². The Bertz CT molecular complexity index is 551. The molecule has 0 saturated carbocycles. The lowest BCUT2D eigenvalue weighted by atomic mass is 9.94. The first kappa shape index (κ1) is 15.2. The lowest BCUT2D eigenvalue weighted by molar-refractivity contribution is -0.123. The molecule has 7 nitrogen and oxygen atoms in total. The molecule has 0 aliphatic carbocycles. The highest BCUT2D eigenvalue weighted by molar-refractivity contribution is 7.90. The molecular weight excluding hydrogens is 284 g/mol. The maximum atomic E-state index is 12.1. The van der Waals surface area contributed by atoms with Crippen molar-refractivity contribution >= 4 is 21.9 Å². The molecule has 0 radical (unpaired) electrons. The standard InChI is InChI=1S/C12H20N2O5S/c1-11(2,3)19-10(16)14-6-5-12(8-14)9(15)7-20(17,18)13(12)4/h5-8H2,1-4H3. The number of sulfonamides is 1. The van der Waals surface area contributed by atoms with Crippen LogP contribution in [-0.2, 0) is 19.6 Å². The van der Waals surface area contributed by atoms with Crippen LogP contribution < -0.4 is 0 Å². The lowest BCUT2D eigenvalue weighted by Crippen LogP contribution is -2.50. The van der Waals surface area contributed by atoms with Crippen LogP contribution in [0.5, 0.6) is 0 Å². The van der Waals surface area contributed by atoms with E-state index >= 15 is 0 Å². The Morgan fingerprint density at radius 3 is 2.40 bits per heavy atom. The minimum atomic E-state index is -3.55. The number of hydrogen-bond acceptors (Lipinski definition) is 5. The van der Waals surface area contributed by atoms with Crippen molar-refractivity contribution in [1.29, 1.82) is 0 Å². The highest BCUT2D eigenvalue weighted by Crippen LogP contribution is 2.36. The second-order valence-corrected chi connectivity index (χ2v) is 8.33. The number of amides is 1. The fraction of sp³-hybridized carbons (Fsp3) is 0.833. The number of hydrogen-bond donors (Lipinski definition) is 0. The molecule has 1 amide bonds. The third-order valence-corrected chi connectivity index (χ3v) is 5.56. The smallest absolute Gasteiger partial charge is 0.410 e. The van der Waals surface area contributed by atoms with Gasteiger partial charge in [-0.1, -0.05) is 0 Å². The zero-order valence-corrected chi connectivity index (χ0v) is 13.0. The van der Waals surface area contributed by atoms with Crippen molar-refractivity contribution in [3.8, 4) is 0 Å². The van der Waals surface area contributed by atoms with Crippen LogP contribution >= 0.6 is 0 Å². The number of carbonyl (C=O) groups excluding carboxylic acids is 2. The Kier molecular flexibility index (Phi) is 3.37. The maximum absolute atomic E-state index is 12.1. The van der Waals surface area contributed by atoms with Gasteiger partial charge in [0.05, 0.1) is 6.54 Å². The van der Waals surface area contributed by atoms with Crippen LogP contribution in [0.1, 0.15) is 27.2 Å². The summed E-state index contributed by atoms with van der Waals surface area (Å²) in [5.41, 5.74) is -1.72. The van der Waals surface area contributed by atoms with E-state index in [1.807, 2.05) is 0 Å². The van der Waals surface area contributed by atoms with Crippen molar-refractivity contribution in [2.75, 3.05) is 25.9 Å². The van der Waals surface area contributed by atoms with E-state index in [-0.39, 0.29) is 12.3 Å². The average molecular weight is 304 g/mol. The SMILES string of the molecule is CN1C2(CCN(C(=O)OC(C)(C)C)C2)C(=O)CS1(=O)=O. The predicted molar refractivity (Wildman–Crippen MR) is 71.7 cm³/mol. The number of ketones is 1. The monoisotopic (exact) mass is 304 g/mol. The quantitative estimate of drug-likeness (QED) is 0.639. The molecule has 2 rings (SSSR count). The predicted octanol–water partition coefficient (Wildman–Crippen LogP) is 0.210. The highest BCUT2D eigenvalue weighted by Gasteiger charge is 2.58. The van der Waals surface area contributed by atoms with Crippen LogP contribution in [-0.4, -0.2) is 66.5 Å². The molecule has 0 aromatic carbocycles. The first-order chi connectivity index (χ1) is 8.98. The number of Topliss-reactive ketones (excluding diaryl/α,β-unsaturated/α-hetero) is 1. The Morgan fingerprint density at radius 1 is 1.35 bits per heavy atom. The van der Waals surface area contributed by atoms with Crippen LogP contribution in [0.15, 0.2) is 0 Å². The molecule has 0 aromatic rings. The van der Waals surface area contributed by atoms with Crippen LogP contribution in [0.4, 0.5) is 4.79 Å². The van der Waals surface area contributed by atoms with Gasteiger partial charge in [0.15, 0.2) is 5.78 Å². The van der Waals surface area contributed by atoms with Gasteiger partial charge >= 0.3 is 6.09 Å². The van der Waals surface area contributed by atoms with E-state index in [0.29, 0.717) is 13.0 Å². The number of carbonyl (C=O) groups is 2. The maximum Gasteiger partial charge on any atom is 0.410 e. The summed E-state index contributed by atoms with van der Waals surface area (Å²) in [7, 11) is -2.14. The number of nitrogens with zero attached hydrogens (tertiary/aromatic N) is 2. The summed E-state index contributed by atoms with van der Waals surface area (Å²) in [5, 5.41) is 0. The molecule has 8 heteroatoms. The number of rotatable bonds is 0. The zero-order chi connectivity index (χ0) is 15.3. The van der Waals surface area contributed by atoms with Gasteiger partial charge in [-0.2, -0.15) is 4.31 Å². The molecule has 2 saturated heterocycles. The third kappa shape index (κ3) is 2.42. The van der Waals surface area contributed by atoms with E-state index in [4.69, 9.17) is 4.74 Å². The van der Waals surface area contributed by atoms with Crippen LogP contribution in [0.25, 0.3) is 0 Å². The van der Waals surface area contributed by atoms with Gasteiger partial charge < -0.3 is 9.64 Å². The molecule has 2 heterocycles. The molecule has 114 valence electrons. The Labute approximate surface area is 118 Å². The molecule has 2 fully saturated rings. The molecule has 2 aliphatic rings. The Hall–Kier alpha value is -1.15. The fourth-order valence-corrected chi connectivity index (χ4v) is 4.18. The number of ether oxygens (including phenoxy) is 1. The molecule has 0 bridgehead atoms. The molecule has 0 aromatic heterocycles. The van der Waals surface area contributed by atoms with Crippen LogP contribution in [0, 0.1) is 0 Å². The summed E-state index contributed by atoms with van der Waals surface area (Å²) in [4.78, 5) is 25.5. The second kappa shape index (κ2) is 4.42. The van der Waals surface area contributed by atoms with Crippen molar-refractivity contribution in [3.63, 3.8) is 0 Å². The van der Waals surface area contributed by atoms with Gasteiger partial charge in [-0.15, -0.1) is 0 Å². The van der Waals surface area contributed by atoms with Gasteiger partial charge in [-0.25, -0.2) is 13.2 Å². The summed E-state index contributed by atoms with van der Waals surface area (Å²) in [6.07, 6.45) is -0.194. The minimum Gasteiger partial charge on any atom is -0.444 e. The van der Waals surface area contributed by atoms with E-state index in [9.17, 15) is 18.0 Å². The highest BCUT2D eigenvalue weighted by atomic mass is 32.2. The summed E-state index contributed by atoms with van der Waals surface area (Å²) in [5.74, 6) is -0.822. The summed E-state index contributed by atoms with van der Waals surface area (Å²) in [6, 6.07) is 0. The first-order valence-electron chi connectivity index (χ1n) is 6.46. The summed E-state index contributed by atoms with van der Waals surface area (Å²) in [6.45, 7) is 5.66. The fourth-order valence-electron chi connectivity index (χ4n) is 2.60. The number of likely N-dealkylation sites (N-methyl/N-ethyl adjacent to an activating group) is 1. The third-order valence-electron chi connectivity index (χ3n) is 3.75. The van der Waals surface area contributed by atoms with E-state index in [2.05, 4.69) is 0 Å². The van der Waals surface area contributed by atoms with E-state index in [0.717, 1.165) is 4.31 Å². The Morgan fingerprint density at radius 2 is 1.95 bits per heavy atom. The molecule has 1 unspecified atom stereocenters. The van der Waals surface area contributed by atoms with Gasteiger partial charge in [-0.05, 0) is 27.2 Å². The Balaban J connectivity index is 2.17. The first-order valence-corrected chi connectivity index (χ1v) is 8.07. The topological polar surface area (TPSA) is 84.0 Å². The number of likely N-dealkylation sites (tertiary alicyclic amines) is 1. The minimum absolute atomic E-state index is 0.0659. The normalized spacial score (nSPS) is 30.2. The van der Waals surface area contributed by atoms with Crippen molar-refractivity contribution in [2.24, 2.45) is 0 Å². The van der Waals surface area contributed by atoms with Crippen molar-refractivity contribution in [3.05, 3.63) is 0 Å². The second-order valence-electron chi connectivity index (χ2n) is 6.33. The molecule has 20 heavy (non-hydrogen) atoms. The van der Waals surface area contributed by atoms with Gasteiger partial charge in [-0.3, -0.25) is 4.79 Å². The van der Waals surface area contributed by atoms with Gasteiger partial charge in [0, 0.05) is 13.6 Å². The van der Waals surface area contributed by atoms with Gasteiger partial charge in [0.25, 0.3) is 0 Å². The van der Waals surface area contributed by atoms with Crippen molar-refractivity contribution in [2.45, 2.75) is 38.3 Å². The van der Waals surface area contributed by atoms with Gasteiger partial charge in [0.1, 0.15) is 16.9 Å². The average Bonchev–Trinajstić information content (AvgIpc) is 2.76. The molecule has 2 aliphatic heterocycles. The summed E-state index contributed by atoms with van der Waals surface area (Å²) < 4.78 is 30.0.